The van der Waals surface area contributed by atoms with E-state index in [0.29, 0.717) is 25.4 Å². The van der Waals surface area contributed by atoms with Crippen molar-refractivity contribution in [3.63, 3.8) is 0 Å². The van der Waals surface area contributed by atoms with E-state index in [2.05, 4.69) is 29.0 Å². The summed E-state index contributed by atoms with van der Waals surface area (Å²) in [4.78, 5) is 26.3. The molecule has 21 heavy (non-hydrogen) atoms. The first-order valence-corrected chi connectivity index (χ1v) is 8.23. The number of nitrogens with one attached hydrogen (secondary N) is 2. The van der Waals surface area contributed by atoms with Crippen molar-refractivity contribution < 1.29 is 9.59 Å². The number of carbonyl (C=O) groups is 2. The first kappa shape index (κ1) is 15.8. The number of hydrogen-bond acceptors (Lipinski definition) is 3. The number of rotatable bonds is 5. The summed E-state index contributed by atoms with van der Waals surface area (Å²) < 4.78 is 0. The molecule has 0 aliphatic carbocycles. The molecular formula is C15H23N3O2S. The summed E-state index contributed by atoms with van der Waals surface area (Å²) in [6.07, 6.45) is 2.22. The minimum absolute atomic E-state index is 0.0558. The molecule has 5 nitrogen and oxygen atoms in total. The van der Waals surface area contributed by atoms with E-state index in [-0.39, 0.29) is 18.0 Å². The quantitative estimate of drug-likeness (QED) is 0.872. The summed E-state index contributed by atoms with van der Waals surface area (Å²) in [5.41, 5.74) is 0. The maximum absolute atomic E-state index is 11.9. The minimum Gasteiger partial charge on any atom is -0.344 e. The van der Waals surface area contributed by atoms with Crippen LogP contribution in [0.15, 0.2) is 17.5 Å². The Balaban J connectivity index is 1.66. The molecule has 3 amide bonds. The van der Waals surface area contributed by atoms with Crippen molar-refractivity contribution in [1.82, 2.24) is 15.5 Å². The number of likely N-dealkylation sites (N-methyl/N-ethyl adjacent to an activating group) is 1. The van der Waals surface area contributed by atoms with Gasteiger partial charge in [-0.3, -0.25) is 4.79 Å². The van der Waals surface area contributed by atoms with Gasteiger partial charge in [0.15, 0.2) is 0 Å². The Bertz CT molecular complexity index is 475. The number of piperidine rings is 1. The molecule has 0 unspecified atom stereocenters. The summed E-state index contributed by atoms with van der Waals surface area (Å²) in [6.45, 7) is 3.38. The van der Waals surface area contributed by atoms with Gasteiger partial charge in [0.05, 0.1) is 0 Å². The SMILES string of the molecule is C[C@H](CNC(=O)N[C@H]1CCC(=O)N(C)C1)Cc1cccs1. The van der Waals surface area contributed by atoms with Crippen LogP contribution in [0.2, 0.25) is 0 Å². The van der Waals surface area contributed by atoms with Crippen molar-refractivity contribution >= 4 is 23.3 Å². The Morgan fingerprint density at radius 1 is 1.57 bits per heavy atom. The molecule has 0 spiro atoms. The maximum Gasteiger partial charge on any atom is 0.315 e. The van der Waals surface area contributed by atoms with Crippen LogP contribution in [0.3, 0.4) is 0 Å². The lowest BCUT2D eigenvalue weighted by Crippen LogP contribution is -2.51. The molecule has 0 saturated carbocycles. The van der Waals surface area contributed by atoms with Gasteiger partial charge in [-0.1, -0.05) is 13.0 Å². The third kappa shape index (κ3) is 5.04. The molecule has 1 fully saturated rings. The Hall–Kier alpha value is -1.56. The van der Waals surface area contributed by atoms with Crippen LogP contribution in [0.25, 0.3) is 0 Å². The van der Waals surface area contributed by atoms with E-state index in [0.717, 1.165) is 12.8 Å². The molecule has 1 saturated heterocycles. The van der Waals surface area contributed by atoms with E-state index in [4.69, 9.17) is 0 Å². The molecule has 116 valence electrons. The molecule has 2 N–H and O–H groups in total. The number of amides is 3. The molecular weight excluding hydrogens is 286 g/mol. The number of nitrogens with zero attached hydrogens (tertiary/aromatic N) is 1. The molecule has 0 aromatic carbocycles. The zero-order chi connectivity index (χ0) is 15.2. The fourth-order valence-corrected chi connectivity index (χ4v) is 3.35. The third-order valence-corrected chi connectivity index (χ3v) is 4.60. The van der Waals surface area contributed by atoms with Gasteiger partial charge in [0.25, 0.3) is 0 Å². The smallest absolute Gasteiger partial charge is 0.315 e. The lowest BCUT2D eigenvalue weighted by atomic mass is 10.1. The number of thiophene rings is 1. The van der Waals surface area contributed by atoms with Gasteiger partial charge in [-0.25, -0.2) is 4.79 Å². The molecule has 2 rings (SSSR count). The topological polar surface area (TPSA) is 61.4 Å². The van der Waals surface area contributed by atoms with Crippen LogP contribution in [0.4, 0.5) is 4.79 Å². The van der Waals surface area contributed by atoms with Gasteiger partial charge >= 0.3 is 6.03 Å². The summed E-state index contributed by atoms with van der Waals surface area (Å²) >= 11 is 1.75. The van der Waals surface area contributed by atoms with Crippen LogP contribution in [-0.4, -0.2) is 43.0 Å². The fraction of sp³-hybridized carbons (Fsp3) is 0.600. The van der Waals surface area contributed by atoms with Crippen molar-refractivity contribution in [3.8, 4) is 0 Å². The maximum atomic E-state index is 11.9. The van der Waals surface area contributed by atoms with Crippen molar-refractivity contribution in [2.24, 2.45) is 5.92 Å². The average Bonchev–Trinajstić information content (AvgIpc) is 2.93. The van der Waals surface area contributed by atoms with Crippen LogP contribution in [0.5, 0.6) is 0 Å². The van der Waals surface area contributed by atoms with Gasteiger partial charge in [-0.05, 0) is 30.2 Å². The lowest BCUT2D eigenvalue weighted by Gasteiger charge is -2.30. The van der Waals surface area contributed by atoms with Gasteiger partial charge in [0.1, 0.15) is 0 Å². The highest BCUT2D eigenvalue weighted by Crippen LogP contribution is 2.14. The van der Waals surface area contributed by atoms with E-state index in [1.807, 2.05) is 6.07 Å². The van der Waals surface area contributed by atoms with E-state index < -0.39 is 0 Å². The van der Waals surface area contributed by atoms with Gasteiger partial charge < -0.3 is 15.5 Å². The summed E-state index contributed by atoms with van der Waals surface area (Å²) in [6, 6.07) is 4.09. The number of hydrogen-bond donors (Lipinski definition) is 2. The molecule has 1 aliphatic rings. The zero-order valence-corrected chi connectivity index (χ0v) is 13.4. The molecule has 1 aromatic heterocycles. The summed E-state index contributed by atoms with van der Waals surface area (Å²) in [5.74, 6) is 0.558. The summed E-state index contributed by atoms with van der Waals surface area (Å²) in [7, 11) is 1.77. The zero-order valence-electron chi connectivity index (χ0n) is 12.6. The second-order valence-corrected chi connectivity index (χ2v) is 6.79. The largest absolute Gasteiger partial charge is 0.344 e. The second-order valence-electron chi connectivity index (χ2n) is 5.75. The Morgan fingerprint density at radius 2 is 2.38 bits per heavy atom. The molecule has 1 aromatic rings. The van der Waals surface area contributed by atoms with Crippen molar-refractivity contribution in [2.75, 3.05) is 20.1 Å². The van der Waals surface area contributed by atoms with Crippen LogP contribution >= 0.6 is 11.3 Å². The van der Waals surface area contributed by atoms with Crippen molar-refractivity contribution in [3.05, 3.63) is 22.4 Å². The minimum atomic E-state index is -0.138. The molecule has 0 radical (unpaired) electrons. The van der Waals surface area contributed by atoms with Gasteiger partial charge in [0.2, 0.25) is 5.91 Å². The molecule has 0 bridgehead atoms. The van der Waals surface area contributed by atoms with Gasteiger partial charge in [-0.2, -0.15) is 0 Å². The standard InChI is InChI=1S/C15H23N3O2S/c1-11(8-13-4-3-7-21-13)9-16-15(20)17-12-5-6-14(19)18(2)10-12/h3-4,7,11-12H,5-6,8-10H2,1-2H3,(H2,16,17,20)/t11-,12-/m0/s1. The first-order chi connectivity index (χ1) is 10.0. The van der Waals surface area contributed by atoms with Crippen molar-refractivity contribution in [1.29, 1.82) is 0 Å². The van der Waals surface area contributed by atoms with E-state index in [1.54, 1.807) is 23.3 Å². The van der Waals surface area contributed by atoms with Crippen LogP contribution < -0.4 is 10.6 Å². The fourth-order valence-electron chi connectivity index (χ4n) is 2.48. The molecule has 2 atom stereocenters. The number of carbonyl (C=O) groups excluding carboxylic acids is 2. The Labute approximate surface area is 129 Å². The molecule has 6 heteroatoms. The van der Waals surface area contributed by atoms with Crippen LogP contribution in [0, 0.1) is 5.92 Å². The van der Waals surface area contributed by atoms with E-state index >= 15 is 0 Å². The predicted molar refractivity (Wildman–Crippen MR) is 84.4 cm³/mol. The van der Waals surface area contributed by atoms with E-state index in [9.17, 15) is 9.59 Å². The van der Waals surface area contributed by atoms with Gasteiger partial charge in [0, 0.05) is 37.5 Å². The van der Waals surface area contributed by atoms with Crippen molar-refractivity contribution in [2.45, 2.75) is 32.2 Å². The average molecular weight is 309 g/mol. The Morgan fingerprint density at radius 3 is 3.05 bits per heavy atom. The monoisotopic (exact) mass is 309 g/mol. The highest BCUT2D eigenvalue weighted by atomic mass is 32.1. The first-order valence-electron chi connectivity index (χ1n) is 7.35. The summed E-state index contributed by atoms with van der Waals surface area (Å²) in [5, 5.41) is 7.93. The van der Waals surface area contributed by atoms with Crippen LogP contribution in [-0.2, 0) is 11.2 Å². The third-order valence-electron chi connectivity index (χ3n) is 3.70. The van der Waals surface area contributed by atoms with E-state index in [1.165, 1.54) is 4.88 Å². The van der Waals surface area contributed by atoms with Gasteiger partial charge in [-0.15, -0.1) is 11.3 Å². The highest BCUT2D eigenvalue weighted by Gasteiger charge is 2.23. The Kier molecular flexibility index (Phi) is 5.61. The predicted octanol–water partition coefficient (Wildman–Crippen LogP) is 1.85. The molecule has 1 aliphatic heterocycles. The molecule has 2 heterocycles. The number of urea groups is 1. The second kappa shape index (κ2) is 7.45. The lowest BCUT2D eigenvalue weighted by molar-refractivity contribution is -0.132. The van der Waals surface area contributed by atoms with Crippen LogP contribution in [0.1, 0.15) is 24.6 Å². The normalized spacial score (nSPS) is 20.2. The number of likely N-dealkylation sites (tertiary alicyclic amines) is 1. The highest BCUT2D eigenvalue weighted by molar-refractivity contribution is 7.09.